The first kappa shape index (κ1) is 39.2. The van der Waals surface area contributed by atoms with Gasteiger partial charge in [-0.25, -0.2) is 17.6 Å². The SMILES string of the molecule is NC(=O)C(NCc1ccc(OCc2cccc(F)c2)cc1)(c1cccc(F)c1)C(NCc1ccc(OCc2cccc(F)c2)cc1)(C(N)=O)c1ccccc1F. The first-order chi connectivity index (χ1) is 27.0. The number of hydrogen-bond acceptors (Lipinski definition) is 6. The molecule has 0 bridgehead atoms. The summed E-state index contributed by atoms with van der Waals surface area (Å²) in [6.45, 7) is -0.0880. The molecule has 6 N–H and O–H groups in total. The van der Waals surface area contributed by atoms with Gasteiger partial charge in [-0.1, -0.05) is 78.9 Å². The van der Waals surface area contributed by atoms with Crippen molar-refractivity contribution in [1.82, 2.24) is 10.6 Å². The van der Waals surface area contributed by atoms with E-state index in [1.807, 2.05) is 0 Å². The van der Waals surface area contributed by atoms with E-state index in [1.54, 1.807) is 72.8 Å². The summed E-state index contributed by atoms with van der Waals surface area (Å²) < 4.78 is 70.1. The molecule has 0 aromatic heterocycles. The van der Waals surface area contributed by atoms with Crippen molar-refractivity contribution in [3.63, 3.8) is 0 Å². The van der Waals surface area contributed by atoms with Crippen molar-refractivity contribution in [3.8, 4) is 11.5 Å². The van der Waals surface area contributed by atoms with Gasteiger partial charge < -0.3 is 20.9 Å². The molecule has 0 aliphatic rings. The highest BCUT2D eigenvalue weighted by Gasteiger charge is 2.62. The summed E-state index contributed by atoms with van der Waals surface area (Å²) in [6.07, 6.45) is 0. The lowest BCUT2D eigenvalue weighted by Gasteiger charge is -2.48. The van der Waals surface area contributed by atoms with E-state index >= 15 is 8.78 Å². The van der Waals surface area contributed by atoms with Gasteiger partial charge in [0.1, 0.15) is 48.0 Å². The second kappa shape index (κ2) is 17.3. The summed E-state index contributed by atoms with van der Waals surface area (Å²) in [4.78, 5) is 28.3. The average molecular weight is 763 g/mol. The lowest BCUT2D eigenvalue weighted by atomic mass is 9.66. The number of nitrogens with two attached hydrogens (primary N) is 2. The standard InChI is InChI=1S/C44H38F4N4O4/c45-34-9-3-6-31(22-34)27-55-37-18-14-29(15-19-37)25-51-43(41(49)53,33-8-5-11-36(47)24-33)44(42(50)54,39-12-1-2-13-40(39)48)52-26-30-16-20-38(21-17-30)56-28-32-7-4-10-35(46)23-32/h1-24,51-52H,25-28H2,(H2,49,53)(H2,50,54). The molecular formula is C44H38F4N4O4. The van der Waals surface area contributed by atoms with Crippen LogP contribution in [0, 0.1) is 23.3 Å². The molecule has 286 valence electrons. The van der Waals surface area contributed by atoms with Crippen molar-refractivity contribution in [3.05, 3.63) is 202 Å². The lowest BCUT2D eigenvalue weighted by molar-refractivity contribution is -0.140. The number of amides is 2. The summed E-state index contributed by atoms with van der Waals surface area (Å²) in [5.41, 5.74) is 9.60. The topological polar surface area (TPSA) is 129 Å². The third-order valence-corrected chi connectivity index (χ3v) is 9.39. The molecule has 0 aliphatic carbocycles. The van der Waals surface area contributed by atoms with E-state index in [0.29, 0.717) is 33.8 Å². The lowest BCUT2D eigenvalue weighted by Crippen LogP contribution is -2.74. The molecule has 0 radical (unpaired) electrons. The van der Waals surface area contributed by atoms with Gasteiger partial charge in [0.15, 0.2) is 11.1 Å². The Hall–Kier alpha value is -6.50. The van der Waals surface area contributed by atoms with Crippen LogP contribution in [0.2, 0.25) is 0 Å². The Bertz CT molecular complexity index is 2310. The van der Waals surface area contributed by atoms with Crippen molar-refractivity contribution >= 4 is 11.8 Å². The van der Waals surface area contributed by atoms with E-state index in [-0.39, 0.29) is 49.1 Å². The maximum atomic E-state index is 16.1. The maximum Gasteiger partial charge on any atom is 0.245 e. The van der Waals surface area contributed by atoms with Crippen LogP contribution in [0.5, 0.6) is 11.5 Å². The number of ether oxygens (including phenoxy) is 2. The van der Waals surface area contributed by atoms with Gasteiger partial charge in [-0.05, 0) is 94.5 Å². The Morgan fingerprint density at radius 3 is 1.39 bits per heavy atom. The number of primary amides is 2. The molecule has 0 spiro atoms. The summed E-state index contributed by atoms with van der Waals surface area (Å²) in [7, 11) is 0. The molecule has 12 heteroatoms. The molecule has 8 nitrogen and oxygen atoms in total. The molecule has 6 rings (SSSR count). The predicted octanol–water partition coefficient (Wildman–Crippen LogP) is 7.04. The van der Waals surface area contributed by atoms with Crippen LogP contribution in [0.1, 0.15) is 33.4 Å². The fraction of sp³-hybridized carbons (Fsp3) is 0.136. The van der Waals surface area contributed by atoms with E-state index in [4.69, 9.17) is 20.9 Å². The Morgan fingerprint density at radius 1 is 0.500 bits per heavy atom. The van der Waals surface area contributed by atoms with Crippen LogP contribution in [-0.4, -0.2) is 11.8 Å². The number of rotatable bonds is 17. The van der Waals surface area contributed by atoms with Gasteiger partial charge in [0.25, 0.3) is 0 Å². The van der Waals surface area contributed by atoms with Crippen LogP contribution >= 0.6 is 0 Å². The predicted molar refractivity (Wildman–Crippen MR) is 203 cm³/mol. The second-order valence-corrected chi connectivity index (χ2v) is 13.1. The fourth-order valence-corrected chi connectivity index (χ4v) is 6.65. The minimum absolute atomic E-state index is 0.101. The van der Waals surface area contributed by atoms with Gasteiger partial charge in [-0.3, -0.25) is 20.2 Å². The van der Waals surface area contributed by atoms with E-state index in [2.05, 4.69) is 10.6 Å². The van der Waals surface area contributed by atoms with E-state index in [1.165, 1.54) is 54.6 Å². The monoisotopic (exact) mass is 762 g/mol. The highest BCUT2D eigenvalue weighted by Crippen LogP contribution is 2.43. The smallest absolute Gasteiger partial charge is 0.245 e. The van der Waals surface area contributed by atoms with Gasteiger partial charge in [0, 0.05) is 18.7 Å². The van der Waals surface area contributed by atoms with Gasteiger partial charge in [-0.15, -0.1) is 0 Å². The summed E-state index contributed by atoms with van der Waals surface area (Å²) in [5.74, 6) is -3.83. The van der Waals surface area contributed by atoms with Crippen molar-refractivity contribution in [1.29, 1.82) is 0 Å². The summed E-state index contributed by atoms with van der Waals surface area (Å²) in [5, 5.41) is 6.19. The summed E-state index contributed by atoms with van der Waals surface area (Å²) in [6, 6.07) is 35.6. The van der Waals surface area contributed by atoms with Crippen LogP contribution in [0.3, 0.4) is 0 Å². The van der Waals surface area contributed by atoms with E-state index < -0.39 is 34.5 Å². The van der Waals surface area contributed by atoms with Crippen molar-refractivity contribution in [2.75, 3.05) is 0 Å². The van der Waals surface area contributed by atoms with Gasteiger partial charge in [0.05, 0.1) is 0 Å². The highest BCUT2D eigenvalue weighted by atomic mass is 19.1. The van der Waals surface area contributed by atoms with Gasteiger partial charge >= 0.3 is 0 Å². The quantitative estimate of drug-likeness (QED) is 0.0739. The number of carbonyl (C=O) groups is 2. The maximum absolute atomic E-state index is 16.1. The van der Waals surface area contributed by atoms with Crippen LogP contribution in [0.15, 0.2) is 146 Å². The average Bonchev–Trinajstić information content (AvgIpc) is 3.18. The van der Waals surface area contributed by atoms with E-state index in [0.717, 1.165) is 18.2 Å². The third-order valence-electron chi connectivity index (χ3n) is 9.39. The van der Waals surface area contributed by atoms with Gasteiger partial charge in [0.2, 0.25) is 11.8 Å². The molecule has 0 saturated heterocycles. The second-order valence-electron chi connectivity index (χ2n) is 13.1. The van der Waals surface area contributed by atoms with Gasteiger partial charge in [-0.2, -0.15) is 0 Å². The first-order valence-electron chi connectivity index (χ1n) is 17.5. The molecule has 56 heavy (non-hydrogen) atoms. The first-order valence-corrected chi connectivity index (χ1v) is 17.5. The third kappa shape index (κ3) is 8.57. The molecule has 6 aromatic rings. The minimum Gasteiger partial charge on any atom is -0.489 e. The number of nitrogens with one attached hydrogen (secondary N) is 2. The minimum atomic E-state index is -2.47. The molecule has 0 saturated carbocycles. The Balaban J connectivity index is 1.35. The number of halogens is 4. The number of carbonyl (C=O) groups excluding carboxylic acids is 2. The largest absolute Gasteiger partial charge is 0.489 e. The zero-order chi connectivity index (χ0) is 39.7. The molecule has 0 fully saturated rings. The zero-order valence-electron chi connectivity index (χ0n) is 30.0. The fourth-order valence-electron chi connectivity index (χ4n) is 6.65. The van der Waals surface area contributed by atoms with Crippen molar-refractivity contribution in [2.45, 2.75) is 37.4 Å². The van der Waals surface area contributed by atoms with Crippen molar-refractivity contribution < 1.29 is 36.6 Å². The zero-order valence-corrected chi connectivity index (χ0v) is 30.0. The molecule has 2 atom stereocenters. The molecular weight excluding hydrogens is 724 g/mol. The molecule has 2 amide bonds. The molecule has 2 unspecified atom stereocenters. The van der Waals surface area contributed by atoms with E-state index in [9.17, 15) is 18.4 Å². The van der Waals surface area contributed by atoms with Crippen LogP contribution in [0.25, 0.3) is 0 Å². The highest BCUT2D eigenvalue weighted by molar-refractivity contribution is 5.99. The van der Waals surface area contributed by atoms with Crippen LogP contribution in [0.4, 0.5) is 17.6 Å². The number of hydrogen-bond donors (Lipinski definition) is 4. The Kier molecular flexibility index (Phi) is 12.1. The summed E-state index contributed by atoms with van der Waals surface area (Å²) >= 11 is 0. The molecule has 0 aliphatic heterocycles. The molecule has 0 heterocycles. The van der Waals surface area contributed by atoms with Crippen LogP contribution in [-0.2, 0) is 47.0 Å². The number of benzene rings is 6. The van der Waals surface area contributed by atoms with Crippen LogP contribution < -0.4 is 31.6 Å². The van der Waals surface area contributed by atoms with Crippen molar-refractivity contribution in [2.24, 2.45) is 11.5 Å². The normalized spacial score (nSPS) is 13.3. The Labute approximate surface area is 321 Å². The molecule has 6 aromatic carbocycles. The Morgan fingerprint density at radius 2 is 0.946 bits per heavy atom.